The molecule has 0 aliphatic carbocycles. The Labute approximate surface area is 132 Å². The number of methoxy groups -OCH3 is 1. The minimum absolute atomic E-state index is 0.0835. The van der Waals surface area contributed by atoms with Gasteiger partial charge in [-0.3, -0.25) is 9.59 Å². The molecule has 2 rings (SSSR count). The van der Waals surface area contributed by atoms with Crippen LogP contribution in [-0.2, 0) is 16.0 Å². The van der Waals surface area contributed by atoms with Gasteiger partial charge in [0, 0.05) is 6.42 Å². The van der Waals surface area contributed by atoms with Crippen LogP contribution in [0.5, 0.6) is 0 Å². The topological polar surface area (TPSA) is 72.0 Å². The monoisotopic (exact) mass is 318 g/mol. The number of benzene rings is 1. The average Bonchev–Trinajstić information content (AvgIpc) is 2.52. The molecule has 0 atom stereocenters. The first-order chi connectivity index (χ1) is 10.6. The minimum atomic E-state index is -0.400. The van der Waals surface area contributed by atoms with E-state index in [1.54, 1.807) is 6.08 Å². The fourth-order valence-corrected chi connectivity index (χ4v) is 2.12. The van der Waals surface area contributed by atoms with Gasteiger partial charge in [0.05, 0.1) is 12.7 Å². The van der Waals surface area contributed by atoms with Crippen LogP contribution in [0.25, 0.3) is 12.2 Å². The standard InChI is InChI=1S/C16H15ClN2O3/c1-22-14(20)10-8-12-15(17)18-13(19-16(12)21)9-7-11-5-3-2-4-6-11/h2-7,9H,8,10H2,1H3,(H,18,19,21)/b9-7+. The van der Waals surface area contributed by atoms with Crippen molar-refractivity contribution in [1.82, 2.24) is 9.97 Å². The van der Waals surface area contributed by atoms with Crippen LogP contribution in [0.2, 0.25) is 5.15 Å². The second-order valence-corrected chi connectivity index (χ2v) is 4.90. The van der Waals surface area contributed by atoms with E-state index >= 15 is 0 Å². The van der Waals surface area contributed by atoms with Gasteiger partial charge < -0.3 is 9.72 Å². The smallest absolute Gasteiger partial charge is 0.305 e. The fourth-order valence-electron chi connectivity index (χ4n) is 1.85. The summed E-state index contributed by atoms with van der Waals surface area (Å²) in [6.45, 7) is 0. The van der Waals surface area contributed by atoms with Gasteiger partial charge in [0.2, 0.25) is 0 Å². The molecule has 0 radical (unpaired) electrons. The van der Waals surface area contributed by atoms with Crippen LogP contribution < -0.4 is 5.56 Å². The SMILES string of the molecule is COC(=O)CCc1c(Cl)nc(/C=C/c2ccccc2)[nH]c1=O. The van der Waals surface area contributed by atoms with Gasteiger partial charge in [0.15, 0.2) is 0 Å². The molecular formula is C16H15ClN2O3. The van der Waals surface area contributed by atoms with Crippen LogP contribution in [-0.4, -0.2) is 23.0 Å². The number of esters is 1. The molecule has 114 valence electrons. The van der Waals surface area contributed by atoms with E-state index in [1.807, 2.05) is 36.4 Å². The summed E-state index contributed by atoms with van der Waals surface area (Å²) in [6.07, 6.45) is 3.77. The summed E-state index contributed by atoms with van der Waals surface area (Å²) in [5.41, 5.74) is 0.914. The van der Waals surface area contributed by atoms with Crippen molar-refractivity contribution in [3.05, 3.63) is 62.8 Å². The third-order valence-electron chi connectivity index (χ3n) is 3.02. The largest absolute Gasteiger partial charge is 0.469 e. The van der Waals surface area contributed by atoms with Crippen molar-refractivity contribution in [2.75, 3.05) is 7.11 Å². The van der Waals surface area contributed by atoms with E-state index in [0.29, 0.717) is 5.82 Å². The summed E-state index contributed by atoms with van der Waals surface area (Å²) in [5, 5.41) is 0.0976. The number of carbonyl (C=O) groups excluding carboxylic acids is 1. The zero-order valence-corrected chi connectivity index (χ0v) is 12.8. The molecule has 0 amide bonds. The number of ether oxygens (including phenoxy) is 1. The normalized spacial score (nSPS) is 10.8. The highest BCUT2D eigenvalue weighted by Crippen LogP contribution is 2.12. The lowest BCUT2D eigenvalue weighted by molar-refractivity contribution is -0.140. The number of nitrogens with zero attached hydrogens (tertiary/aromatic N) is 1. The number of H-pyrrole nitrogens is 1. The zero-order valence-electron chi connectivity index (χ0n) is 12.0. The summed E-state index contributed by atoms with van der Waals surface area (Å²) < 4.78 is 4.54. The van der Waals surface area contributed by atoms with Crippen molar-refractivity contribution in [3.63, 3.8) is 0 Å². The Hall–Kier alpha value is -2.40. The Morgan fingerprint density at radius 2 is 2.05 bits per heavy atom. The minimum Gasteiger partial charge on any atom is -0.469 e. The molecule has 1 aromatic carbocycles. The van der Waals surface area contributed by atoms with Crippen LogP contribution in [0, 0.1) is 0 Å². The van der Waals surface area contributed by atoms with Gasteiger partial charge >= 0.3 is 5.97 Å². The molecule has 0 aliphatic rings. The second kappa shape index (κ2) is 7.56. The highest BCUT2D eigenvalue weighted by atomic mass is 35.5. The summed E-state index contributed by atoms with van der Waals surface area (Å²) in [7, 11) is 1.30. The lowest BCUT2D eigenvalue weighted by Gasteiger charge is -2.03. The number of halogens is 1. The maximum Gasteiger partial charge on any atom is 0.305 e. The predicted octanol–water partition coefficient (Wildman–Crippen LogP) is 2.70. The first-order valence-corrected chi connectivity index (χ1v) is 7.06. The maximum atomic E-state index is 12.0. The first kappa shape index (κ1) is 16.0. The number of aromatic amines is 1. The molecule has 0 saturated carbocycles. The van der Waals surface area contributed by atoms with Crippen LogP contribution in [0.4, 0.5) is 0 Å². The second-order valence-electron chi connectivity index (χ2n) is 4.54. The summed E-state index contributed by atoms with van der Waals surface area (Å²) in [5.74, 6) is -0.0378. The van der Waals surface area contributed by atoms with Gasteiger partial charge in [-0.2, -0.15) is 0 Å². The van der Waals surface area contributed by atoms with Crippen molar-refractivity contribution in [3.8, 4) is 0 Å². The van der Waals surface area contributed by atoms with Crippen molar-refractivity contribution >= 4 is 29.7 Å². The highest BCUT2D eigenvalue weighted by molar-refractivity contribution is 6.30. The van der Waals surface area contributed by atoms with E-state index in [2.05, 4.69) is 14.7 Å². The Balaban J connectivity index is 2.17. The van der Waals surface area contributed by atoms with E-state index in [-0.39, 0.29) is 29.1 Å². The summed E-state index contributed by atoms with van der Waals surface area (Å²) >= 11 is 6.03. The number of aromatic nitrogens is 2. The van der Waals surface area contributed by atoms with Crippen LogP contribution in [0.1, 0.15) is 23.4 Å². The molecule has 6 heteroatoms. The molecule has 5 nitrogen and oxygen atoms in total. The van der Waals surface area contributed by atoms with Gasteiger partial charge in [0.25, 0.3) is 5.56 Å². The molecule has 0 fully saturated rings. The van der Waals surface area contributed by atoms with Crippen molar-refractivity contribution in [2.24, 2.45) is 0 Å². The molecule has 0 aliphatic heterocycles. The lowest BCUT2D eigenvalue weighted by Crippen LogP contribution is -2.17. The molecule has 0 spiro atoms. The van der Waals surface area contributed by atoms with Crippen molar-refractivity contribution in [1.29, 1.82) is 0 Å². The van der Waals surface area contributed by atoms with Crippen molar-refractivity contribution < 1.29 is 9.53 Å². The maximum absolute atomic E-state index is 12.0. The van der Waals surface area contributed by atoms with Gasteiger partial charge in [-0.05, 0) is 18.1 Å². The van der Waals surface area contributed by atoms with Crippen LogP contribution in [0.3, 0.4) is 0 Å². The quantitative estimate of drug-likeness (QED) is 0.679. The number of rotatable bonds is 5. The number of hydrogen-bond donors (Lipinski definition) is 1. The Morgan fingerprint density at radius 3 is 2.68 bits per heavy atom. The molecule has 2 aromatic rings. The fraction of sp³-hybridized carbons (Fsp3) is 0.188. The van der Waals surface area contributed by atoms with Gasteiger partial charge in [-0.25, -0.2) is 4.98 Å². The Kier molecular flexibility index (Phi) is 5.49. The van der Waals surface area contributed by atoms with Crippen molar-refractivity contribution in [2.45, 2.75) is 12.8 Å². The molecule has 1 N–H and O–H groups in total. The van der Waals surface area contributed by atoms with E-state index in [9.17, 15) is 9.59 Å². The first-order valence-electron chi connectivity index (χ1n) is 6.69. The Morgan fingerprint density at radius 1 is 1.32 bits per heavy atom. The summed E-state index contributed by atoms with van der Waals surface area (Å²) in [4.78, 5) is 29.9. The molecular weight excluding hydrogens is 304 g/mol. The molecule has 0 saturated heterocycles. The van der Waals surface area contributed by atoms with Gasteiger partial charge in [-0.15, -0.1) is 0 Å². The van der Waals surface area contributed by atoms with E-state index in [4.69, 9.17) is 11.6 Å². The van der Waals surface area contributed by atoms with E-state index in [0.717, 1.165) is 5.56 Å². The molecule has 0 bridgehead atoms. The number of carbonyl (C=O) groups is 1. The molecule has 1 aromatic heterocycles. The van der Waals surface area contributed by atoms with Gasteiger partial charge in [0.1, 0.15) is 11.0 Å². The molecule has 0 unspecified atom stereocenters. The number of hydrogen-bond acceptors (Lipinski definition) is 4. The highest BCUT2D eigenvalue weighted by Gasteiger charge is 2.11. The lowest BCUT2D eigenvalue weighted by atomic mass is 10.2. The zero-order chi connectivity index (χ0) is 15.9. The third-order valence-corrected chi connectivity index (χ3v) is 3.34. The summed E-state index contributed by atoms with van der Waals surface area (Å²) in [6, 6.07) is 9.61. The van der Waals surface area contributed by atoms with E-state index < -0.39 is 5.97 Å². The van der Waals surface area contributed by atoms with Crippen LogP contribution in [0.15, 0.2) is 35.1 Å². The van der Waals surface area contributed by atoms with E-state index in [1.165, 1.54) is 7.11 Å². The predicted molar refractivity (Wildman–Crippen MR) is 85.6 cm³/mol. The molecule has 1 heterocycles. The average molecular weight is 319 g/mol. The van der Waals surface area contributed by atoms with Gasteiger partial charge in [-0.1, -0.05) is 48.0 Å². The number of nitrogens with one attached hydrogen (secondary N) is 1. The third kappa shape index (κ3) is 4.30. The Bertz CT molecular complexity index is 739. The van der Waals surface area contributed by atoms with Crippen LogP contribution >= 0.6 is 11.6 Å². The molecule has 22 heavy (non-hydrogen) atoms.